The van der Waals surface area contributed by atoms with Gasteiger partial charge in [-0.15, -0.1) is 0 Å². The number of hydrogen-bond donors (Lipinski definition) is 2. The normalized spacial score (nSPS) is 21.4. The van der Waals surface area contributed by atoms with Crippen molar-refractivity contribution in [2.45, 2.75) is 25.3 Å². The molecule has 0 bridgehead atoms. The van der Waals surface area contributed by atoms with Crippen LogP contribution in [0.5, 0.6) is 0 Å². The van der Waals surface area contributed by atoms with Gasteiger partial charge in [-0.25, -0.2) is 9.82 Å². The number of nitrogens with zero attached hydrogens (tertiary/aromatic N) is 2. The molecule has 1 aliphatic carbocycles. The summed E-state index contributed by atoms with van der Waals surface area (Å²) in [5, 5.41) is 7.95. The predicted molar refractivity (Wildman–Crippen MR) is 123 cm³/mol. The number of nitrogens with one attached hydrogen (secondary N) is 2. The lowest BCUT2D eigenvalue weighted by molar-refractivity contribution is 0.0954. The second-order valence-corrected chi connectivity index (χ2v) is 8.21. The summed E-state index contributed by atoms with van der Waals surface area (Å²) in [6.45, 7) is 1.88. The lowest BCUT2D eigenvalue weighted by Crippen LogP contribution is -2.29. The number of amides is 1. The van der Waals surface area contributed by atoms with E-state index >= 15 is 0 Å². The molecule has 3 atom stereocenters. The molecule has 2 aliphatic rings. The Bertz CT molecular complexity index is 1200. The molecular weight excluding hydrogens is 403 g/mol. The molecule has 0 unspecified atom stereocenters. The van der Waals surface area contributed by atoms with Gasteiger partial charge in [-0.05, 0) is 72.4 Å². The molecule has 3 aromatic rings. The van der Waals surface area contributed by atoms with Crippen molar-refractivity contribution < 1.29 is 9.18 Å². The summed E-state index contributed by atoms with van der Waals surface area (Å²) in [5.74, 6) is 0.129. The number of aromatic nitrogens is 1. The van der Waals surface area contributed by atoms with E-state index in [-0.39, 0.29) is 23.7 Å². The van der Waals surface area contributed by atoms with E-state index in [1.54, 1.807) is 18.3 Å². The Labute approximate surface area is 186 Å². The van der Waals surface area contributed by atoms with Gasteiger partial charge >= 0.3 is 0 Å². The zero-order valence-corrected chi connectivity index (χ0v) is 17.6. The molecule has 5 rings (SSSR count). The van der Waals surface area contributed by atoms with Gasteiger partial charge < -0.3 is 5.32 Å². The van der Waals surface area contributed by atoms with Gasteiger partial charge in [0.2, 0.25) is 0 Å². The number of hydrogen-bond acceptors (Lipinski definition) is 4. The second-order valence-electron chi connectivity index (χ2n) is 8.21. The number of pyridine rings is 1. The molecule has 160 valence electrons. The molecule has 0 radical (unpaired) electrons. The van der Waals surface area contributed by atoms with Crippen LogP contribution in [0.4, 0.5) is 10.1 Å². The van der Waals surface area contributed by atoms with Crippen LogP contribution >= 0.6 is 0 Å². The van der Waals surface area contributed by atoms with Gasteiger partial charge in [0.05, 0.1) is 17.3 Å². The van der Waals surface area contributed by atoms with E-state index in [9.17, 15) is 9.18 Å². The van der Waals surface area contributed by atoms with Crippen LogP contribution in [0.3, 0.4) is 0 Å². The number of benzene rings is 2. The quantitative estimate of drug-likeness (QED) is 0.342. The fourth-order valence-corrected chi connectivity index (χ4v) is 4.58. The second kappa shape index (κ2) is 8.38. The highest BCUT2D eigenvalue weighted by Crippen LogP contribution is 2.49. The summed E-state index contributed by atoms with van der Waals surface area (Å²) in [6, 6.07) is 16.5. The molecule has 1 amide bonds. The molecule has 0 spiro atoms. The number of allylic oxidation sites excluding steroid dienone is 2. The summed E-state index contributed by atoms with van der Waals surface area (Å²) < 4.78 is 13.4. The van der Waals surface area contributed by atoms with E-state index in [0.717, 1.165) is 28.9 Å². The van der Waals surface area contributed by atoms with Gasteiger partial charge in [-0.3, -0.25) is 9.78 Å². The van der Waals surface area contributed by atoms with Gasteiger partial charge in [0.15, 0.2) is 0 Å². The molecule has 0 saturated heterocycles. The highest BCUT2D eigenvalue weighted by molar-refractivity contribution is 6.01. The number of rotatable bonds is 4. The molecule has 2 heterocycles. The SMILES string of the molecule is C/C(=N/NC(=O)c1cccnc1)c1ccc2c(c1)[C@@H]1C=CC[C@@H]1[C@H](c1ccc(F)cc1)N2. The van der Waals surface area contributed by atoms with Crippen molar-refractivity contribution in [1.82, 2.24) is 10.4 Å². The van der Waals surface area contributed by atoms with E-state index < -0.39 is 0 Å². The third kappa shape index (κ3) is 3.80. The first-order valence-corrected chi connectivity index (χ1v) is 10.7. The zero-order chi connectivity index (χ0) is 22.1. The van der Waals surface area contributed by atoms with Crippen molar-refractivity contribution in [2.75, 3.05) is 5.32 Å². The third-order valence-electron chi connectivity index (χ3n) is 6.26. The van der Waals surface area contributed by atoms with Crippen LogP contribution in [0.25, 0.3) is 0 Å². The van der Waals surface area contributed by atoms with Crippen LogP contribution in [0.15, 0.2) is 84.2 Å². The lowest BCUT2D eigenvalue weighted by Gasteiger charge is -2.37. The molecule has 0 saturated carbocycles. The minimum Gasteiger partial charge on any atom is -0.378 e. The highest BCUT2D eigenvalue weighted by Gasteiger charge is 2.37. The van der Waals surface area contributed by atoms with Crippen LogP contribution in [0.2, 0.25) is 0 Å². The fraction of sp³-hybridized carbons (Fsp3) is 0.192. The lowest BCUT2D eigenvalue weighted by atomic mass is 9.76. The average molecular weight is 426 g/mol. The standard InChI is InChI=1S/C26H23FN4O/c1-16(30-31-26(32)19-4-3-13-28-15-19)18-9-12-24-23(14-18)21-5-2-6-22(21)25(29-24)17-7-10-20(27)11-8-17/h2-5,7-15,21-22,25,29H,6H2,1H3,(H,31,32)/b30-16-/t21-,22+,25+/m1/s1. The Hall–Kier alpha value is -3.80. The largest absolute Gasteiger partial charge is 0.378 e. The van der Waals surface area contributed by atoms with Crippen LogP contribution < -0.4 is 10.7 Å². The summed E-state index contributed by atoms with van der Waals surface area (Å²) in [4.78, 5) is 16.2. The topological polar surface area (TPSA) is 66.4 Å². The Morgan fingerprint density at radius 1 is 1.16 bits per heavy atom. The van der Waals surface area contributed by atoms with Gasteiger partial charge in [0, 0.05) is 24.0 Å². The molecule has 1 aliphatic heterocycles. The van der Waals surface area contributed by atoms with Crippen LogP contribution in [0.1, 0.15) is 52.4 Å². The maximum Gasteiger partial charge on any atom is 0.272 e. The van der Waals surface area contributed by atoms with Gasteiger partial charge in [0.1, 0.15) is 5.82 Å². The summed E-state index contributed by atoms with van der Waals surface area (Å²) in [5.41, 5.74) is 8.13. The Morgan fingerprint density at radius 3 is 2.78 bits per heavy atom. The van der Waals surface area contributed by atoms with E-state index in [0.29, 0.717) is 11.5 Å². The van der Waals surface area contributed by atoms with E-state index in [1.807, 2.05) is 25.1 Å². The third-order valence-corrected chi connectivity index (χ3v) is 6.26. The van der Waals surface area contributed by atoms with Crippen molar-refractivity contribution in [3.8, 4) is 0 Å². The van der Waals surface area contributed by atoms with E-state index in [1.165, 1.54) is 23.9 Å². The van der Waals surface area contributed by atoms with Gasteiger partial charge in [0.25, 0.3) is 5.91 Å². The Balaban J connectivity index is 1.40. The van der Waals surface area contributed by atoms with Crippen LogP contribution in [-0.4, -0.2) is 16.6 Å². The molecule has 1 aromatic heterocycles. The summed E-state index contributed by atoms with van der Waals surface area (Å²) in [6.07, 6.45) is 8.59. The Morgan fingerprint density at radius 2 is 2.00 bits per heavy atom. The minimum atomic E-state index is -0.294. The maximum atomic E-state index is 13.4. The number of anilines is 1. The molecule has 6 heteroatoms. The number of hydrazone groups is 1. The number of carbonyl (C=O) groups is 1. The minimum absolute atomic E-state index is 0.127. The zero-order valence-electron chi connectivity index (χ0n) is 17.6. The summed E-state index contributed by atoms with van der Waals surface area (Å²) >= 11 is 0. The summed E-state index contributed by atoms with van der Waals surface area (Å²) in [7, 11) is 0. The van der Waals surface area contributed by atoms with Crippen molar-refractivity contribution >= 4 is 17.3 Å². The first kappa shape index (κ1) is 20.1. The maximum absolute atomic E-state index is 13.4. The molecule has 5 nitrogen and oxygen atoms in total. The number of fused-ring (bicyclic) bond motifs is 3. The van der Waals surface area contributed by atoms with Crippen molar-refractivity contribution in [1.29, 1.82) is 0 Å². The monoisotopic (exact) mass is 426 g/mol. The molecule has 2 N–H and O–H groups in total. The average Bonchev–Trinajstić information content (AvgIpc) is 3.33. The van der Waals surface area contributed by atoms with E-state index in [2.05, 4.69) is 45.1 Å². The number of carbonyl (C=O) groups excluding carboxylic acids is 1. The Kier molecular flexibility index (Phi) is 5.27. The molecular formula is C26H23FN4O. The van der Waals surface area contributed by atoms with Gasteiger partial charge in [-0.1, -0.05) is 30.4 Å². The van der Waals surface area contributed by atoms with Crippen LogP contribution in [-0.2, 0) is 0 Å². The smallest absolute Gasteiger partial charge is 0.272 e. The van der Waals surface area contributed by atoms with Crippen molar-refractivity contribution in [2.24, 2.45) is 11.0 Å². The number of halogens is 1. The van der Waals surface area contributed by atoms with Gasteiger partial charge in [-0.2, -0.15) is 5.10 Å². The highest BCUT2D eigenvalue weighted by atomic mass is 19.1. The molecule has 0 fully saturated rings. The van der Waals surface area contributed by atoms with Crippen molar-refractivity contribution in [3.05, 3.63) is 107 Å². The van der Waals surface area contributed by atoms with Crippen molar-refractivity contribution in [3.63, 3.8) is 0 Å². The predicted octanol–water partition coefficient (Wildman–Crippen LogP) is 5.20. The first-order chi connectivity index (χ1) is 15.6. The van der Waals surface area contributed by atoms with E-state index in [4.69, 9.17) is 0 Å². The van der Waals surface area contributed by atoms with Crippen LogP contribution in [0, 0.1) is 11.7 Å². The molecule has 32 heavy (non-hydrogen) atoms. The first-order valence-electron chi connectivity index (χ1n) is 10.7. The fourth-order valence-electron chi connectivity index (χ4n) is 4.58. The molecule has 2 aromatic carbocycles.